The molecule has 4 aromatic rings. The van der Waals surface area contributed by atoms with E-state index in [9.17, 15) is 23.1 Å². The first kappa shape index (κ1) is 32.1. The smallest absolute Gasteiger partial charge is 0.381 e. The molecule has 0 aliphatic rings. The minimum absolute atomic E-state index is 0. The van der Waals surface area contributed by atoms with Crippen LogP contribution in [0.25, 0.3) is 33.1 Å². The molecule has 0 saturated carbocycles. The molecule has 0 aliphatic heterocycles. The van der Waals surface area contributed by atoms with E-state index in [2.05, 4.69) is 22.1 Å². The number of aliphatic hydroxyl groups excluding tert-OH is 1. The van der Waals surface area contributed by atoms with Gasteiger partial charge in [0.25, 0.3) is 0 Å². The van der Waals surface area contributed by atoms with Crippen LogP contribution in [0.15, 0.2) is 66.6 Å². The second-order valence-corrected chi connectivity index (χ2v) is 10.2. The van der Waals surface area contributed by atoms with Gasteiger partial charge in [0.05, 0.1) is 17.1 Å². The minimum Gasteiger partial charge on any atom is -0.512 e. The predicted octanol–water partition coefficient (Wildman–Crippen LogP) is 8.66. The number of rotatable bonds is 6. The summed E-state index contributed by atoms with van der Waals surface area (Å²) in [6.07, 6.45) is -0.234. The van der Waals surface area contributed by atoms with Gasteiger partial charge in [0, 0.05) is 56.0 Å². The molecule has 39 heavy (non-hydrogen) atoms. The van der Waals surface area contributed by atoms with Gasteiger partial charge in [0.1, 0.15) is 0 Å². The van der Waals surface area contributed by atoms with Gasteiger partial charge in [0.15, 0.2) is 5.78 Å². The Morgan fingerprint density at radius 2 is 1.67 bits per heavy atom. The molecular weight excluding hydrogens is 682 g/mol. The number of aliphatic hydroxyl groups is 1. The van der Waals surface area contributed by atoms with Crippen molar-refractivity contribution < 1.29 is 43.2 Å². The topological polar surface area (TPSA) is 63.1 Å². The summed E-state index contributed by atoms with van der Waals surface area (Å²) < 4.78 is 38.1. The van der Waals surface area contributed by atoms with Gasteiger partial charge in [0.2, 0.25) is 0 Å². The van der Waals surface area contributed by atoms with Gasteiger partial charge < -0.3 is 5.11 Å². The van der Waals surface area contributed by atoms with Crippen molar-refractivity contribution in [3.63, 3.8) is 0 Å². The number of ketones is 1. The molecule has 0 bridgehead atoms. The Labute approximate surface area is 240 Å². The molecule has 1 heterocycles. The summed E-state index contributed by atoms with van der Waals surface area (Å²) in [5, 5.41) is 12.3. The molecule has 0 unspecified atom stereocenters. The fraction of sp³-hybridized carbons (Fsp3) is 0.323. The summed E-state index contributed by atoms with van der Waals surface area (Å²) in [6.45, 7) is 10.0. The van der Waals surface area contributed by atoms with Crippen LogP contribution < -0.4 is 0 Å². The summed E-state index contributed by atoms with van der Waals surface area (Å²) in [5.74, 6) is 1.33. The van der Waals surface area contributed by atoms with E-state index in [0.717, 1.165) is 39.4 Å². The fourth-order valence-corrected chi connectivity index (χ4v) is 3.94. The number of carbonyl (C=O) groups is 1. The quantitative estimate of drug-likeness (QED) is 0.0941. The Morgan fingerprint density at radius 1 is 1.00 bits per heavy atom. The number of halogens is 3. The number of hydrogen-bond acceptors (Lipinski definition) is 4. The molecule has 0 saturated heterocycles. The largest absolute Gasteiger partial charge is 0.512 e. The molecule has 4 nitrogen and oxygen atoms in total. The zero-order valence-corrected chi connectivity index (χ0v) is 25.0. The Balaban J connectivity index is 0.000000328. The third kappa shape index (κ3) is 9.26. The van der Waals surface area contributed by atoms with Crippen molar-refractivity contribution >= 4 is 27.5 Å². The first-order valence-corrected chi connectivity index (χ1v) is 12.5. The second kappa shape index (κ2) is 13.8. The van der Waals surface area contributed by atoms with Crippen molar-refractivity contribution in [2.45, 2.75) is 53.6 Å². The van der Waals surface area contributed by atoms with E-state index in [1.54, 1.807) is 6.20 Å². The number of allylic oxidation sites excluding steroid dienone is 2. The van der Waals surface area contributed by atoms with Crippen LogP contribution in [-0.2, 0) is 31.1 Å². The molecule has 1 radical (unpaired) electrons. The number of carbonyl (C=O) groups excluding carboxylic acids is 1. The van der Waals surface area contributed by atoms with E-state index in [4.69, 9.17) is 0 Å². The van der Waals surface area contributed by atoms with Crippen molar-refractivity contribution in [1.29, 1.82) is 0 Å². The number of aromatic nitrogens is 2. The average Bonchev–Trinajstić information content (AvgIpc) is 2.82. The standard InChI is InChI=1S/C20H12F3N2.C11H20O2.Ir/c1-12-2-9-17-14(10-12)3-4-15-11-24-19(25-18(15)17)13-5-7-16(8-6-13)20(21,22)23;1-8(2)5-10(12)7-11(13)6-9(3)4;/h2-5,7-11H,1H3;7-9,12H,5-6H2,1-4H3;/q-1;;. The molecule has 0 fully saturated rings. The Morgan fingerprint density at radius 3 is 2.26 bits per heavy atom. The molecule has 3 aromatic carbocycles. The van der Waals surface area contributed by atoms with E-state index in [-0.39, 0.29) is 31.6 Å². The van der Waals surface area contributed by atoms with E-state index >= 15 is 0 Å². The first-order valence-electron chi connectivity index (χ1n) is 12.5. The number of hydrogen-bond donors (Lipinski definition) is 1. The van der Waals surface area contributed by atoms with Gasteiger partial charge >= 0.3 is 6.18 Å². The van der Waals surface area contributed by atoms with Gasteiger partial charge in [-0.25, -0.2) is 0 Å². The summed E-state index contributed by atoms with van der Waals surface area (Å²) in [7, 11) is 0. The molecule has 8 heteroatoms. The van der Waals surface area contributed by atoms with Gasteiger partial charge in [-0.15, -0.1) is 29.8 Å². The Kier molecular flexibility index (Phi) is 11.4. The number of alkyl halides is 3. The number of aryl methyl sites for hydroxylation is 1. The molecule has 0 spiro atoms. The number of benzene rings is 3. The molecule has 1 N–H and O–H groups in total. The third-order valence-corrected chi connectivity index (χ3v) is 5.66. The number of fused-ring (bicyclic) bond motifs is 3. The van der Waals surface area contributed by atoms with E-state index in [1.165, 1.54) is 12.1 Å². The minimum atomic E-state index is -4.38. The monoisotopic (exact) mass is 714 g/mol. The maximum Gasteiger partial charge on any atom is 0.381 e. The summed E-state index contributed by atoms with van der Waals surface area (Å²) in [6, 6.07) is 16.0. The molecule has 1 aromatic heterocycles. The molecule has 4 rings (SSSR count). The predicted molar refractivity (Wildman–Crippen MR) is 146 cm³/mol. The van der Waals surface area contributed by atoms with Crippen LogP contribution in [0.1, 0.15) is 51.7 Å². The molecule has 0 atom stereocenters. The van der Waals surface area contributed by atoms with Crippen molar-refractivity contribution in [2.24, 2.45) is 11.8 Å². The number of nitrogens with zero attached hydrogens (tertiary/aromatic N) is 2. The van der Waals surface area contributed by atoms with Crippen LogP contribution in [0.4, 0.5) is 13.2 Å². The van der Waals surface area contributed by atoms with E-state index in [1.807, 2.05) is 58.9 Å². The van der Waals surface area contributed by atoms with Gasteiger partial charge in [-0.1, -0.05) is 63.6 Å². The third-order valence-electron chi connectivity index (χ3n) is 5.66. The normalized spacial score (nSPS) is 11.9. The van der Waals surface area contributed by atoms with Crippen LogP contribution in [-0.4, -0.2) is 20.9 Å². The maximum absolute atomic E-state index is 12.7. The zero-order valence-electron chi connectivity index (χ0n) is 22.6. The molecule has 209 valence electrons. The van der Waals surface area contributed by atoms with Gasteiger partial charge in [-0.3, -0.25) is 14.8 Å². The Hall–Kier alpha value is -3.09. The zero-order chi connectivity index (χ0) is 28.0. The van der Waals surface area contributed by atoms with Crippen molar-refractivity contribution in [3.05, 3.63) is 83.8 Å². The van der Waals surface area contributed by atoms with Crippen molar-refractivity contribution in [3.8, 4) is 11.4 Å². The van der Waals surface area contributed by atoms with Crippen LogP contribution >= 0.6 is 0 Å². The molecular formula is C31H32F3IrN2O2-. The summed E-state index contributed by atoms with van der Waals surface area (Å²) in [5.41, 5.74) is 1.62. The molecule has 0 aliphatic carbocycles. The first-order chi connectivity index (χ1) is 17.8. The van der Waals surface area contributed by atoms with Crippen LogP contribution in [0.3, 0.4) is 0 Å². The summed E-state index contributed by atoms with van der Waals surface area (Å²) in [4.78, 5) is 20.1. The maximum atomic E-state index is 12.7. The van der Waals surface area contributed by atoms with E-state index in [0.29, 0.717) is 36.1 Å². The van der Waals surface area contributed by atoms with E-state index < -0.39 is 11.7 Å². The van der Waals surface area contributed by atoms with Crippen LogP contribution in [0.2, 0.25) is 0 Å². The van der Waals surface area contributed by atoms with Crippen molar-refractivity contribution in [1.82, 2.24) is 9.97 Å². The SMILES string of the molecule is CC(C)CC(=O)C=C(O)CC(C)C.Cc1ccc2c(ccc3cnc(-c4[c-]cc(C(F)(F)F)cc4)nc32)c1.[Ir]. The van der Waals surface area contributed by atoms with Crippen LogP contribution in [0, 0.1) is 24.8 Å². The molecule has 0 amide bonds. The van der Waals surface area contributed by atoms with Gasteiger partial charge in [-0.05, 0) is 29.7 Å². The van der Waals surface area contributed by atoms with Crippen LogP contribution in [0.5, 0.6) is 0 Å². The average molecular weight is 714 g/mol. The summed E-state index contributed by atoms with van der Waals surface area (Å²) >= 11 is 0. The van der Waals surface area contributed by atoms with Gasteiger partial charge in [-0.2, -0.15) is 13.2 Å². The second-order valence-electron chi connectivity index (χ2n) is 10.2. The van der Waals surface area contributed by atoms with Crippen molar-refractivity contribution in [2.75, 3.05) is 0 Å². The Bertz CT molecular complexity index is 1450. The fourth-order valence-electron chi connectivity index (χ4n) is 3.94.